The molecule has 0 saturated carbocycles. The lowest BCUT2D eigenvalue weighted by molar-refractivity contribution is -0.384. The first-order chi connectivity index (χ1) is 10.4. The molecule has 1 fully saturated rings. The van der Waals surface area contributed by atoms with Crippen LogP contribution in [0.25, 0.3) is 0 Å². The first kappa shape index (κ1) is 16.0. The number of carboxylic acid groups (broad SMARTS) is 1. The number of nitrogens with zero attached hydrogens (tertiary/aromatic N) is 2. The number of aliphatic carboxylic acids is 1. The minimum atomic E-state index is -0.897. The van der Waals surface area contributed by atoms with Gasteiger partial charge in [0.2, 0.25) is 0 Å². The Kier molecular flexibility index (Phi) is 4.80. The van der Waals surface area contributed by atoms with Crippen LogP contribution in [0.1, 0.15) is 33.1 Å². The van der Waals surface area contributed by atoms with Crippen LogP contribution in [0.3, 0.4) is 0 Å². The highest BCUT2D eigenvalue weighted by Gasteiger charge is 2.26. The van der Waals surface area contributed by atoms with Gasteiger partial charge in [0, 0.05) is 29.9 Å². The molecule has 0 amide bonds. The number of hydrogen-bond donors (Lipinski definition) is 1. The maximum atomic E-state index is 11.2. The molecule has 1 N–H and O–H groups in total. The molecule has 6 nitrogen and oxygen atoms in total. The molecule has 22 heavy (non-hydrogen) atoms. The molecule has 1 aliphatic rings. The smallest absolute Gasteiger partial charge is 0.331 e. The van der Waals surface area contributed by atoms with Gasteiger partial charge in [-0.1, -0.05) is 0 Å². The molecule has 1 aliphatic heterocycles. The van der Waals surface area contributed by atoms with E-state index in [-0.39, 0.29) is 11.7 Å². The number of carbonyl (C=O) groups is 1. The highest BCUT2D eigenvalue weighted by atomic mass is 16.6. The predicted octanol–water partition coefficient (Wildman–Crippen LogP) is 3.37. The zero-order chi connectivity index (χ0) is 16.3. The summed E-state index contributed by atoms with van der Waals surface area (Å²) in [4.78, 5) is 23.7. The number of hydrogen-bond acceptors (Lipinski definition) is 4. The van der Waals surface area contributed by atoms with Gasteiger partial charge >= 0.3 is 5.97 Å². The van der Waals surface area contributed by atoms with Crippen molar-refractivity contribution in [3.8, 4) is 0 Å². The van der Waals surface area contributed by atoms with Gasteiger partial charge in [-0.3, -0.25) is 10.1 Å². The fourth-order valence-corrected chi connectivity index (χ4v) is 2.88. The summed E-state index contributed by atoms with van der Waals surface area (Å²) in [6.45, 7) is 4.31. The Bertz CT molecular complexity index is 607. The Morgan fingerprint density at radius 1 is 1.27 bits per heavy atom. The van der Waals surface area contributed by atoms with E-state index in [0.717, 1.165) is 37.1 Å². The van der Waals surface area contributed by atoms with Gasteiger partial charge in [0.1, 0.15) is 0 Å². The maximum absolute atomic E-state index is 11.2. The van der Waals surface area contributed by atoms with Crippen LogP contribution in [0.5, 0.6) is 0 Å². The molecule has 1 heterocycles. The van der Waals surface area contributed by atoms with E-state index in [0.29, 0.717) is 5.57 Å². The summed E-state index contributed by atoms with van der Waals surface area (Å²) < 4.78 is 0. The molecule has 0 aliphatic carbocycles. The van der Waals surface area contributed by atoms with E-state index < -0.39 is 10.9 Å². The zero-order valence-electron chi connectivity index (χ0n) is 12.8. The van der Waals surface area contributed by atoms with Crippen LogP contribution in [0, 0.1) is 10.1 Å². The van der Waals surface area contributed by atoms with Crippen molar-refractivity contribution in [1.29, 1.82) is 0 Å². The largest absolute Gasteiger partial charge is 0.478 e. The van der Waals surface area contributed by atoms with Gasteiger partial charge in [0.05, 0.1) is 11.0 Å². The highest BCUT2D eigenvalue weighted by Crippen LogP contribution is 2.31. The molecule has 6 heteroatoms. The molecule has 118 valence electrons. The van der Waals surface area contributed by atoms with Crippen molar-refractivity contribution in [2.24, 2.45) is 0 Å². The highest BCUT2D eigenvalue weighted by molar-refractivity contribution is 5.87. The van der Waals surface area contributed by atoms with Crippen LogP contribution >= 0.6 is 0 Å². The average molecular weight is 304 g/mol. The monoisotopic (exact) mass is 304 g/mol. The third-order valence-electron chi connectivity index (χ3n) is 4.31. The van der Waals surface area contributed by atoms with E-state index >= 15 is 0 Å². The molecule has 1 aromatic carbocycles. The number of non-ortho nitro benzene ring substituents is 1. The first-order valence-electron chi connectivity index (χ1n) is 7.33. The Hall–Kier alpha value is -2.37. The molecule has 1 aromatic rings. The second kappa shape index (κ2) is 6.60. The molecule has 1 atom stereocenters. The summed E-state index contributed by atoms with van der Waals surface area (Å²) in [5.41, 5.74) is 2.18. The number of piperidine rings is 1. The number of nitro benzene ring substituents is 1. The molecular formula is C16H20N2O4. The first-order valence-corrected chi connectivity index (χ1v) is 7.33. The molecule has 2 rings (SSSR count). The van der Waals surface area contributed by atoms with Crippen LogP contribution in [0.4, 0.5) is 11.4 Å². The zero-order valence-corrected chi connectivity index (χ0v) is 12.8. The van der Waals surface area contributed by atoms with Crippen molar-refractivity contribution in [3.63, 3.8) is 0 Å². The van der Waals surface area contributed by atoms with E-state index in [1.54, 1.807) is 19.1 Å². The van der Waals surface area contributed by atoms with Crippen LogP contribution in [-0.2, 0) is 4.79 Å². The van der Waals surface area contributed by atoms with Gasteiger partial charge in [-0.2, -0.15) is 0 Å². The third kappa shape index (κ3) is 3.27. The fourth-order valence-electron chi connectivity index (χ4n) is 2.88. The Morgan fingerprint density at radius 2 is 1.91 bits per heavy atom. The lowest BCUT2D eigenvalue weighted by atomic mass is 9.92. The van der Waals surface area contributed by atoms with Gasteiger partial charge in [0.15, 0.2) is 0 Å². The van der Waals surface area contributed by atoms with Gasteiger partial charge in [0.25, 0.3) is 5.69 Å². The third-order valence-corrected chi connectivity index (χ3v) is 4.31. The van der Waals surface area contributed by atoms with E-state index in [9.17, 15) is 20.0 Å². The van der Waals surface area contributed by atoms with Crippen molar-refractivity contribution in [1.82, 2.24) is 0 Å². The van der Waals surface area contributed by atoms with Crippen LogP contribution in [-0.4, -0.2) is 28.6 Å². The molecule has 0 aromatic heterocycles. The summed E-state index contributed by atoms with van der Waals surface area (Å²) in [7, 11) is 0. The Labute approximate surface area is 129 Å². The standard InChI is InChI=1S/C16H20N2O4/c1-11(12(2)16(19)20)15-5-3-4-10-17(15)13-6-8-14(9-7-13)18(21)22/h6-9,15H,3-5,10H2,1-2H3,(H,19,20)/b12-11+. The van der Waals surface area contributed by atoms with Gasteiger partial charge in [-0.25, -0.2) is 4.79 Å². The Balaban J connectivity index is 2.32. The van der Waals surface area contributed by atoms with Crippen molar-refractivity contribution >= 4 is 17.3 Å². The number of benzene rings is 1. The summed E-state index contributed by atoms with van der Waals surface area (Å²) in [6, 6.07) is 6.49. The van der Waals surface area contributed by atoms with E-state index in [1.165, 1.54) is 12.1 Å². The van der Waals surface area contributed by atoms with Crippen molar-refractivity contribution in [3.05, 3.63) is 45.5 Å². The van der Waals surface area contributed by atoms with Crippen molar-refractivity contribution < 1.29 is 14.8 Å². The molecule has 0 spiro atoms. The average Bonchev–Trinajstić information content (AvgIpc) is 2.53. The summed E-state index contributed by atoms with van der Waals surface area (Å²) in [5, 5.41) is 19.9. The van der Waals surface area contributed by atoms with Crippen LogP contribution in [0.15, 0.2) is 35.4 Å². The van der Waals surface area contributed by atoms with Gasteiger partial charge in [-0.15, -0.1) is 0 Å². The predicted molar refractivity (Wildman–Crippen MR) is 84.1 cm³/mol. The van der Waals surface area contributed by atoms with Gasteiger partial charge in [-0.05, 0) is 50.8 Å². The van der Waals surface area contributed by atoms with Crippen molar-refractivity contribution in [2.75, 3.05) is 11.4 Å². The topological polar surface area (TPSA) is 83.7 Å². The number of anilines is 1. The summed E-state index contributed by atoms with van der Waals surface area (Å²) in [6.07, 6.45) is 2.98. The van der Waals surface area contributed by atoms with Crippen LogP contribution in [0.2, 0.25) is 0 Å². The van der Waals surface area contributed by atoms with E-state index in [2.05, 4.69) is 4.90 Å². The summed E-state index contributed by atoms with van der Waals surface area (Å²) in [5.74, 6) is -0.897. The number of nitro groups is 1. The molecular weight excluding hydrogens is 284 g/mol. The quantitative estimate of drug-likeness (QED) is 0.524. The molecule has 0 radical (unpaired) electrons. The van der Waals surface area contributed by atoms with E-state index in [1.807, 2.05) is 6.92 Å². The number of carboxylic acids is 1. The molecule has 0 bridgehead atoms. The fraction of sp³-hybridized carbons (Fsp3) is 0.438. The summed E-state index contributed by atoms with van der Waals surface area (Å²) >= 11 is 0. The van der Waals surface area contributed by atoms with Crippen LogP contribution < -0.4 is 4.90 Å². The lowest BCUT2D eigenvalue weighted by Gasteiger charge is -2.38. The molecule has 1 unspecified atom stereocenters. The van der Waals surface area contributed by atoms with E-state index in [4.69, 9.17) is 0 Å². The Morgan fingerprint density at radius 3 is 2.45 bits per heavy atom. The SMILES string of the molecule is C/C(C(=O)O)=C(/C)C1CCCCN1c1ccc([N+](=O)[O-])cc1. The normalized spacial score (nSPS) is 19.5. The minimum Gasteiger partial charge on any atom is -0.478 e. The second-order valence-corrected chi connectivity index (χ2v) is 5.59. The lowest BCUT2D eigenvalue weighted by Crippen LogP contribution is -2.41. The molecule has 1 saturated heterocycles. The second-order valence-electron chi connectivity index (χ2n) is 5.59. The minimum absolute atomic E-state index is 0.0336. The van der Waals surface area contributed by atoms with Gasteiger partial charge < -0.3 is 10.0 Å². The number of rotatable bonds is 4. The maximum Gasteiger partial charge on any atom is 0.331 e. The van der Waals surface area contributed by atoms with Crippen molar-refractivity contribution in [2.45, 2.75) is 39.2 Å².